The monoisotopic (exact) mass is 424 g/mol. The van der Waals surface area contributed by atoms with Crippen LogP contribution in [0.3, 0.4) is 0 Å². The molecule has 2 heterocycles. The van der Waals surface area contributed by atoms with E-state index in [0.29, 0.717) is 22.1 Å². The minimum Gasteiger partial charge on any atom is -0.478 e. The fraction of sp³-hybridized carbons (Fsp3) is 0. The first kappa shape index (κ1) is 19.0. The number of aromatic nitrogens is 1. The summed E-state index contributed by atoms with van der Waals surface area (Å²) in [6.07, 6.45) is 3.37. The Balaban J connectivity index is 1.69. The van der Waals surface area contributed by atoms with Gasteiger partial charge < -0.3 is 9.67 Å². The van der Waals surface area contributed by atoms with Gasteiger partial charge in [0.2, 0.25) is 0 Å². The highest BCUT2D eigenvalue weighted by Gasteiger charge is 2.36. The topological polar surface area (TPSA) is 79.6 Å². The van der Waals surface area contributed by atoms with E-state index in [0.717, 1.165) is 16.7 Å². The Bertz CT molecular complexity index is 1180. The molecule has 2 aromatic carbocycles. The Morgan fingerprint density at radius 1 is 1.00 bits per heavy atom. The molecule has 0 aliphatic carbocycles. The molecule has 0 bridgehead atoms. The van der Waals surface area contributed by atoms with Crippen molar-refractivity contribution in [3.05, 3.63) is 88.0 Å². The van der Waals surface area contributed by atoms with Gasteiger partial charge in [0.1, 0.15) is 0 Å². The largest absolute Gasteiger partial charge is 0.478 e. The summed E-state index contributed by atoms with van der Waals surface area (Å²) in [4.78, 5) is 37.8. The first-order chi connectivity index (χ1) is 13.9. The molecule has 0 spiro atoms. The summed E-state index contributed by atoms with van der Waals surface area (Å²) in [5.41, 5.74) is 1.84. The van der Waals surface area contributed by atoms with Crippen LogP contribution < -0.4 is 4.90 Å². The molecule has 4 rings (SSSR count). The molecule has 0 atom stereocenters. The number of rotatable bonds is 4. The van der Waals surface area contributed by atoms with Gasteiger partial charge in [-0.1, -0.05) is 23.7 Å². The van der Waals surface area contributed by atoms with Crippen LogP contribution in [-0.4, -0.2) is 26.8 Å². The zero-order chi connectivity index (χ0) is 20.5. The van der Waals surface area contributed by atoms with Gasteiger partial charge in [0.05, 0.1) is 16.2 Å². The lowest BCUT2D eigenvalue weighted by Crippen LogP contribution is -2.27. The number of carbonyl (C=O) groups excluding carboxylic acids is 2. The van der Waals surface area contributed by atoms with Crippen LogP contribution in [0.2, 0.25) is 5.02 Å². The van der Waals surface area contributed by atoms with Gasteiger partial charge in [0, 0.05) is 22.6 Å². The van der Waals surface area contributed by atoms with Gasteiger partial charge in [-0.05, 0) is 66.4 Å². The summed E-state index contributed by atoms with van der Waals surface area (Å²) in [5.74, 6) is -1.46. The molecule has 1 saturated heterocycles. The van der Waals surface area contributed by atoms with Gasteiger partial charge in [0.25, 0.3) is 11.1 Å². The molecule has 1 aliphatic rings. The summed E-state index contributed by atoms with van der Waals surface area (Å²) in [7, 11) is 0. The van der Waals surface area contributed by atoms with Crippen LogP contribution in [0, 0.1) is 0 Å². The van der Waals surface area contributed by atoms with Crippen LogP contribution in [-0.2, 0) is 4.79 Å². The summed E-state index contributed by atoms with van der Waals surface area (Å²) in [6, 6.07) is 16.6. The second kappa shape index (κ2) is 7.62. The van der Waals surface area contributed by atoms with Crippen molar-refractivity contribution in [2.24, 2.45) is 0 Å². The predicted octanol–water partition coefficient (Wildman–Crippen LogP) is 5.07. The third-order valence-electron chi connectivity index (χ3n) is 4.29. The first-order valence-electron chi connectivity index (χ1n) is 8.48. The number of imide groups is 1. The smallest absolute Gasteiger partial charge is 0.335 e. The standard InChI is InChI=1S/C21H13ClN2O4S/c22-14-5-2-7-17(11-14)24-19(25)18(29-21(24)28)12-16-8-3-9-23(16)15-6-1-4-13(10-15)20(26)27/h1-12H,(H,26,27)/b18-12+. The molecule has 29 heavy (non-hydrogen) atoms. The summed E-state index contributed by atoms with van der Waals surface area (Å²) in [5, 5.41) is 9.23. The number of halogens is 1. The third kappa shape index (κ3) is 3.70. The number of thioether (sulfide) groups is 1. The average molecular weight is 425 g/mol. The van der Waals surface area contributed by atoms with Crippen molar-refractivity contribution in [1.82, 2.24) is 4.57 Å². The van der Waals surface area contributed by atoms with Crippen molar-refractivity contribution in [3.8, 4) is 5.69 Å². The minimum atomic E-state index is -1.02. The molecule has 1 N–H and O–H groups in total. The molecule has 2 amide bonds. The van der Waals surface area contributed by atoms with Crippen LogP contribution in [0.4, 0.5) is 10.5 Å². The van der Waals surface area contributed by atoms with E-state index in [9.17, 15) is 19.5 Å². The molecular formula is C21H13ClN2O4S. The van der Waals surface area contributed by atoms with E-state index in [2.05, 4.69) is 0 Å². The maximum absolute atomic E-state index is 12.8. The Labute approximate surface area is 175 Å². The van der Waals surface area contributed by atoms with E-state index in [1.54, 1.807) is 65.4 Å². The number of aromatic carboxylic acids is 1. The van der Waals surface area contributed by atoms with Gasteiger partial charge >= 0.3 is 5.97 Å². The van der Waals surface area contributed by atoms with E-state index in [1.807, 2.05) is 0 Å². The van der Waals surface area contributed by atoms with E-state index in [1.165, 1.54) is 12.1 Å². The van der Waals surface area contributed by atoms with Crippen molar-refractivity contribution in [3.63, 3.8) is 0 Å². The second-order valence-corrected chi connectivity index (χ2v) is 7.59. The van der Waals surface area contributed by atoms with Crippen LogP contribution in [0.1, 0.15) is 16.1 Å². The Morgan fingerprint density at radius 2 is 1.76 bits per heavy atom. The van der Waals surface area contributed by atoms with Crippen molar-refractivity contribution < 1.29 is 19.5 Å². The summed E-state index contributed by atoms with van der Waals surface area (Å²) < 4.78 is 1.75. The van der Waals surface area contributed by atoms with E-state index < -0.39 is 17.1 Å². The first-order valence-corrected chi connectivity index (χ1v) is 9.68. The third-order valence-corrected chi connectivity index (χ3v) is 5.40. The molecule has 0 unspecified atom stereocenters. The number of amides is 2. The maximum atomic E-state index is 12.8. The molecular weight excluding hydrogens is 412 g/mol. The molecule has 8 heteroatoms. The van der Waals surface area contributed by atoms with Gasteiger partial charge in [-0.2, -0.15) is 0 Å². The molecule has 0 radical (unpaired) electrons. The number of anilines is 1. The summed E-state index contributed by atoms with van der Waals surface area (Å²) >= 11 is 6.82. The number of carbonyl (C=O) groups is 3. The van der Waals surface area contributed by atoms with E-state index in [-0.39, 0.29) is 10.5 Å². The quantitative estimate of drug-likeness (QED) is 0.591. The summed E-state index contributed by atoms with van der Waals surface area (Å²) in [6.45, 7) is 0. The van der Waals surface area contributed by atoms with Crippen molar-refractivity contribution in [2.75, 3.05) is 4.90 Å². The van der Waals surface area contributed by atoms with Gasteiger partial charge in [0.15, 0.2) is 0 Å². The molecule has 1 fully saturated rings. The van der Waals surface area contributed by atoms with Crippen LogP contribution in [0.25, 0.3) is 11.8 Å². The predicted molar refractivity (Wildman–Crippen MR) is 113 cm³/mol. The normalized spacial score (nSPS) is 15.3. The lowest BCUT2D eigenvalue weighted by molar-refractivity contribution is -0.113. The van der Waals surface area contributed by atoms with Gasteiger partial charge in [-0.15, -0.1) is 0 Å². The molecule has 144 valence electrons. The van der Waals surface area contributed by atoms with Gasteiger partial charge in [-0.25, -0.2) is 9.69 Å². The zero-order valence-corrected chi connectivity index (χ0v) is 16.4. The molecule has 1 aromatic heterocycles. The minimum absolute atomic E-state index is 0.156. The van der Waals surface area contributed by atoms with Crippen LogP contribution >= 0.6 is 23.4 Å². The fourth-order valence-electron chi connectivity index (χ4n) is 2.98. The highest BCUT2D eigenvalue weighted by Crippen LogP contribution is 2.36. The number of benzene rings is 2. The molecule has 3 aromatic rings. The second-order valence-electron chi connectivity index (χ2n) is 6.16. The zero-order valence-electron chi connectivity index (χ0n) is 14.8. The molecule has 1 aliphatic heterocycles. The number of carboxylic acid groups (broad SMARTS) is 1. The van der Waals surface area contributed by atoms with Gasteiger partial charge in [-0.3, -0.25) is 9.59 Å². The lowest BCUT2D eigenvalue weighted by Gasteiger charge is -2.12. The van der Waals surface area contributed by atoms with Crippen LogP contribution in [0.15, 0.2) is 71.8 Å². The van der Waals surface area contributed by atoms with E-state index >= 15 is 0 Å². The Hall–Kier alpha value is -3.29. The highest BCUT2D eigenvalue weighted by atomic mass is 35.5. The molecule has 0 saturated carbocycles. The fourth-order valence-corrected chi connectivity index (χ4v) is 3.99. The number of hydrogen-bond donors (Lipinski definition) is 1. The van der Waals surface area contributed by atoms with E-state index in [4.69, 9.17) is 11.6 Å². The number of hydrogen-bond acceptors (Lipinski definition) is 4. The number of nitrogens with zero attached hydrogens (tertiary/aromatic N) is 2. The molecule has 6 nitrogen and oxygen atoms in total. The maximum Gasteiger partial charge on any atom is 0.335 e. The van der Waals surface area contributed by atoms with Crippen LogP contribution in [0.5, 0.6) is 0 Å². The van der Waals surface area contributed by atoms with Crippen molar-refractivity contribution >= 4 is 52.2 Å². The number of carboxylic acids is 1. The SMILES string of the molecule is O=C(O)c1cccc(-n2cccc2/C=C2/SC(=O)N(c3cccc(Cl)c3)C2=O)c1. The Kier molecular flexibility index (Phi) is 5.00. The van der Waals surface area contributed by atoms with Crippen molar-refractivity contribution in [1.29, 1.82) is 0 Å². The average Bonchev–Trinajstić information content (AvgIpc) is 3.26. The Morgan fingerprint density at radius 3 is 2.52 bits per heavy atom. The lowest BCUT2D eigenvalue weighted by atomic mass is 10.2. The highest BCUT2D eigenvalue weighted by molar-refractivity contribution is 8.19. The van der Waals surface area contributed by atoms with Crippen molar-refractivity contribution in [2.45, 2.75) is 0 Å².